The van der Waals surface area contributed by atoms with Gasteiger partial charge in [-0.2, -0.15) is 5.26 Å². The van der Waals surface area contributed by atoms with Crippen LogP contribution in [0.25, 0.3) is 0 Å². The van der Waals surface area contributed by atoms with Crippen LogP contribution in [0, 0.1) is 11.3 Å². The third-order valence-electron chi connectivity index (χ3n) is 1.95. The predicted octanol–water partition coefficient (Wildman–Crippen LogP) is 2.70. The number of anilines is 2. The molecule has 2 rings (SSSR count). The highest BCUT2D eigenvalue weighted by Crippen LogP contribution is 2.14. The van der Waals surface area contributed by atoms with Crippen molar-refractivity contribution in [3.05, 3.63) is 54.2 Å². The molecule has 1 heterocycles. The second-order valence-corrected chi connectivity index (χ2v) is 3.03. The number of aromatic nitrogens is 1. The van der Waals surface area contributed by atoms with E-state index >= 15 is 0 Å². The Morgan fingerprint density at radius 2 is 1.87 bits per heavy atom. The van der Waals surface area contributed by atoms with Crippen LogP contribution in [0.5, 0.6) is 0 Å². The Hall–Kier alpha value is -2.34. The van der Waals surface area contributed by atoms with Crippen LogP contribution in [-0.2, 0) is 0 Å². The van der Waals surface area contributed by atoms with E-state index in [1.165, 1.54) is 0 Å². The zero-order chi connectivity index (χ0) is 10.5. The molecule has 0 saturated heterocycles. The van der Waals surface area contributed by atoms with Gasteiger partial charge in [0.25, 0.3) is 0 Å². The molecule has 0 radical (unpaired) electrons. The summed E-state index contributed by atoms with van der Waals surface area (Å²) in [6, 6.07) is 15.0. The summed E-state index contributed by atoms with van der Waals surface area (Å²) in [5.41, 5.74) is 1.58. The van der Waals surface area contributed by atoms with Crippen molar-refractivity contribution in [2.24, 2.45) is 0 Å². The number of nitriles is 1. The summed E-state index contributed by atoms with van der Waals surface area (Å²) < 4.78 is 0. The van der Waals surface area contributed by atoms with Crippen LogP contribution in [0.1, 0.15) is 5.56 Å². The maximum absolute atomic E-state index is 8.64. The van der Waals surface area contributed by atoms with E-state index in [2.05, 4.69) is 16.4 Å². The van der Waals surface area contributed by atoms with Crippen molar-refractivity contribution in [1.82, 2.24) is 4.98 Å². The zero-order valence-electron chi connectivity index (χ0n) is 8.01. The van der Waals surface area contributed by atoms with Crippen LogP contribution in [0.15, 0.2) is 48.7 Å². The molecule has 0 aliphatic rings. The first-order valence-electron chi connectivity index (χ1n) is 4.57. The van der Waals surface area contributed by atoms with Crippen molar-refractivity contribution in [3.8, 4) is 6.07 Å². The van der Waals surface area contributed by atoms with Crippen LogP contribution >= 0.6 is 0 Å². The fourth-order valence-corrected chi connectivity index (χ4v) is 1.21. The Labute approximate surface area is 88.0 Å². The van der Waals surface area contributed by atoms with Crippen LogP contribution in [-0.4, -0.2) is 4.98 Å². The molecule has 0 unspecified atom stereocenters. The van der Waals surface area contributed by atoms with Crippen LogP contribution in [0.2, 0.25) is 0 Å². The molecular formula is C12H9N3. The molecule has 0 bridgehead atoms. The quantitative estimate of drug-likeness (QED) is 0.801. The standard InChI is InChI=1S/C12H9N3/c13-9-10-4-6-11(7-5-10)15-12-3-1-2-8-14-12/h1-8H,(H,14,15). The summed E-state index contributed by atoms with van der Waals surface area (Å²) in [7, 11) is 0. The molecule has 1 aromatic heterocycles. The molecule has 0 fully saturated rings. The number of nitrogens with one attached hydrogen (secondary N) is 1. The maximum atomic E-state index is 8.64. The first kappa shape index (κ1) is 9.22. The van der Waals surface area contributed by atoms with E-state index in [9.17, 15) is 0 Å². The molecule has 0 aliphatic carbocycles. The van der Waals surface area contributed by atoms with Crippen molar-refractivity contribution in [2.45, 2.75) is 0 Å². The van der Waals surface area contributed by atoms with Crippen molar-refractivity contribution in [2.75, 3.05) is 5.32 Å². The number of hydrogen-bond acceptors (Lipinski definition) is 3. The molecule has 2 aromatic rings. The number of benzene rings is 1. The first-order valence-corrected chi connectivity index (χ1v) is 4.57. The summed E-state index contributed by atoms with van der Waals surface area (Å²) >= 11 is 0. The van der Waals surface area contributed by atoms with Gasteiger partial charge in [-0.25, -0.2) is 4.98 Å². The number of pyridine rings is 1. The Balaban J connectivity index is 2.16. The largest absolute Gasteiger partial charge is 0.340 e. The van der Waals surface area contributed by atoms with Crippen LogP contribution < -0.4 is 5.32 Å². The van der Waals surface area contributed by atoms with Crippen LogP contribution in [0.3, 0.4) is 0 Å². The van der Waals surface area contributed by atoms with Gasteiger partial charge in [0.1, 0.15) is 5.82 Å². The molecule has 0 atom stereocenters. The van der Waals surface area contributed by atoms with Gasteiger partial charge in [-0.05, 0) is 36.4 Å². The van der Waals surface area contributed by atoms with Crippen molar-refractivity contribution in [3.63, 3.8) is 0 Å². The van der Waals surface area contributed by atoms with E-state index < -0.39 is 0 Å². The highest BCUT2D eigenvalue weighted by Gasteiger charge is 1.94. The smallest absolute Gasteiger partial charge is 0.130 e. The highest BCUT2D eigenvalue weighted by atomic mass is 15.0. The third-order valence-corrected chi connectivity index (χ3v) is 1.95. The molecule has 0 saturated carbocycles. The van der Waals surface area contributed by atoms with Gasteiger partial charge in [0, 0.05) is 11.9 Å². The summed E-state index contributed by atoms with van der Waals surface area (Å²) in [4.78, 5) is 4.14. The van der Waals surface area contributed by atoms with Crippen LogP contribution in [0.4, 0.5) is 11.5 Å². The van der Waals surface area contributed by atoms with Crippen molar-refractivity contribution < 1.29 is 0 Å². The predicted molar refractivity (Wildman–Crippen MR) is 58.7 cm³/mol. The second-order valence-electron chi connectivity index (χ2n) is 3.03. The molecule has 3 nitrogen and oxygen atoms in total. The molecule has 0 spiro atoms. The fraction of sp³-hybridized carbons (Fsp3) is 0. The topological polar surface area (TPSA) is 48.7 Å². The van der Waals surface area contributed by atoms with Crippen molar-refractivity contribution >= 4 is 11.5 Å². The van der Waals surface area contributed by atoms with E-state index in [1.54, 1.807) is 18.3 Å². The summed E-state index contributed by atoms with van der Waals surface area (Å²) in [6.07, 6.45) is 1.73. The Morgan fingerprint density at radius 1 is 1.07 bits per heavy atom. The minimum Gasteiger partial charge on any atom is -0.340 e. The van der Waals surface area contributed by atoms with Gasteiger partial charge in [-0.15, -0.1) is 0 Å². The number of rotatable bonds is 2. The normalized spacial score (nSPS) is 9.27. The lowest BCUT2D eigenvalue weighted by Crippen LogP contribution is -1.91. The zero-order valence-corrected chi connectivity index (χ0v) is 8.01. The number of hydrogen-bond donors (Lipinski definition) is 1. The third kappa shape index (κ3) is 2.32. The Morgan fingerprint density at radius 3 is 2.47 bits per heavy atom. The Kier molecular flexibility index (Phi) is 2.61. The first-order chi connectivity index (χ1) is 7.38. The van der Waals surface area contributed by atoms with E-state index in [0.717, 1.165) is 11.5 Å². The van der Waals surface area contributed by atoms with Gasteiger partial charge in [0.05, 0.1) is 11.6 Å². The Bertz CT molecular complexity index is 468. The number of nitrogens with zero attached hydrogens (tertiary/aromatic N) is 2. The average Bonchev–Trinajstić information content (AvgIpc) is 2.31. The summed E-state index contributed by atoms with van der Waals surface area (Å²) in [6.45, 7) is 0. The minimum absolute atomic E-state index is 0.654. The lowest BCUT2D eigenvalue weighted by Gasteiger charge is -2.04. The van der Waals surface area contributed by atoms with Gasteiger partial charge >= 0.3 is 0 Å². The molecule has 15 heavy (non-hydrogen) atoms. The lowest BCUT2D eigenvalue weighted by atomic mass is 10.2. The molecule has 0 aliphatic heterocycles. The monoisotopic (exact) mass is 195 g/mol. The summed E-state index contributed by atoms with van der Waals surface area (Å²) in [5, 5.41) is 11.8. The summed E-state index contributed by atoms with van der Waals surface area (Å²) in [5.74, 6) is 0.794. The highest BCUT2D eigenvalue weighted by molar-refractivity contribution is 5.56. The molecular weight excluding hydrogens is 186 g/mol. The minimum atomic E-state index is 0.654. The van der Waals surface area contributed by atoms with Crippen molar-refractivity contribution in [1.29, 1.82) is 5.26 Å². The molecule has 72 valence electrons. The average molecular weight is 195 g/mol. The van der Waals surface area contributed by atoms with Gasteiger partial charge in [-0.1, -0.05) is 6.07 Å². The van der Waals surface area contributed by atoms with E-state index in [1.807, 2.05) is 30.3 Å². The molecule has 3 heteroatoms. The second kappa shape index (κ2) is 4.25. The van der Waals surface area contributed by atoms with E-state index in [-0.39, 0.29) is 0 Å². The van der Waals surface area contributed by atoms with E-state index in [0.29, 0.717) is 5.56 Å². The fourth-order valence-electron chi connectivity index (χ4n) is 1.21. The SMILES string of the molecule is N#Cc1ccc(Nc2ccccn2)cc1. The van der Waals surface area contributed by atoms with Gasteiger partial charge in [0.15, 0.2) is 0 Å². The maximum Gasteiger partial charge on any atom is 0.130 e. The molecule has 1 N–H and O–H groups in total. The van der Waals surface area contributed by atoms with Gasteiger partial charge in [-0.3, -0.25) is 0 Å². The molecule has 1 aromatic carbocycles. The van der Waals surface area contributed by atoms with E-state index in [4.69, 9.17) is 5.26 Å². The lowest BCUT2D eigenvalue weighted by molar-refractivity contribution is 1.31. The van der Waals surface area contributed by atoms with Gasteiger partial charge in [0.2, 0.25) is 0 Å². The van der Waals surface area contributed by atoms with Gasteiger partial charge < -0.3 is 5.32 Å². The molecule has 0 amide bonds.